The highest BCUT2D eigenvalue weighted by atomic mass is 15.3. The maximum atomic E-state index is 4.65. The highest BCUT2D eigenvalue weighted by Gasteiger charge is 2.12. The van der Waals surface area contributed by atoms with Crippen molar-refractivity contribution in [2.45, 2.75) is 53.5 Å². The second kappa shape index (κ2) is 7.41. The van der Waals surface area contributed by atoms with E-state index >= 15 is 0 Å². The third kappa shape index (κ3) is 3.73. The van der Waals surface area contributed by atoms with Crippen LogP contribution < -0.4 is 5.32 Å². The van der Waals surface area contributed by atoms with E-state index in [9.17, 15) is 0 Å². The molecule has 114 valence electrons. The first-order valence-corrected chi connectivity index (χ1v) is 8.01. The first-order valence-electron chi connectivity index (χ1n) is 8.01. The molecule has 3 nitrogen and oxygen atoms in total. The van der Waals surface area contributed by atoms with Crippen molar-refractivity contribution in [1.82, 2.24) is 15.1 Å². The van der Waals surface area contributed by atoms with E-state index in [-0.39, 0.29) is 0 Å². The zero-order chi connectivity index (χ0) is 15.2. The molecular weight excluding hydrogens is 258 g/mol. The van der Waals surface area contributed by atoms with E-state index in [0.29, 0.717) is 0 Å². The minimum absolute atomic E-state index is 0.911. The van der Waals surface area contributed by atoms with Gasteiger partial charge in [-0.2, -0.15) is 5.10 Å². The molecule has 0 bridgehead atoms. The van der Waals surface area contributed by atoms with E-state index in [0.717, 1.165) is 32.4 Å². The van der Waals surface area contributed by atoms with Crippen molar-refractivity contribution in [2.24, 2.45) is 0 Å². The molecular formula is C18H27N3. The van der Waals surface area contributed by atoms with Gasteiger partial charge in [0, 0.05) is 17.8 Å². The summed E-state index contributed by atoms with van der Waals surface area (Å²) < 4.78 is 2.13. The fourth-order valence-electron chi connectivity index (χ4n) is 2.71. The Bertz CT molecular complexity index is 584. The molecule has 0 aliphatic rings. The Morgan fingerprint density at radius 1 is 1.14 bits per heavy atom. The van der Waals surface area contributed by atoms with Gasteiger partial charge in [0.15, 0.2) is 0 Å². The van der Waals surface area contributed by atoms with E-state index in [2.05, 4.69) is 61.0 Å². The summed E-state index contributed by atoms with van der Waals surface area (Å²) in [7, 11) is 0. The van der Waals surface area contributed by atoms with Crippen molar-refractivity contribution in [3.05, 3.63) is 46.8 Å². The van der Waals surface area contributed by atoms with Gasteiger partial charge in [-0.25, -0.2) is 4.68 Å². The average Bonchev–Trinajstić information content (AvgIpc) is 2.83. The summed E-state index contributed by atoms with van der Waals surface area (Å²) in [6.45, 7) is 10.7. The molecule has 0 unspecified atom stereocenters. The first-order chi connectivity index (χ1) is 10.2. The van der Waals surface area contributed by atoms with Crippen LogP contribution in [0.1, 0.15) is 49.1 Å². The van der Waals surface area contributed by atoms with Gasteiger partial charge in [-0.05, 0) is 44.9 Å². The van der Waals surface area contributed by atoms with Crippen molar-refractivity contribution < 1.29 is 0 Å². The van der Waals surface area contributed by atoms with Gasteiger partial charge < -0.3 is 5.32 Å². The number of aryl methyl sites for hydroxylation is 2. The van der Waals surface area contributed by atoms with Crippen molar-refractivity contribution >= 4 is 0 Å². The monoisotopic (exact) mass is 285 g/mol. The summed E-state index contributed by atoms with van der Waals surface area (Å²) in [6.07, 6.45) is 5.38. The number of rotatable bonds is 7. The van der Waals surface area contributed by atoms with Gasteiger partial charge in [0.05, 0.1) is 11.9 Å². The number of benzene rings is 1. The third-order valence-electron chi connectivity index (χ3n) is 3.76. The topological polar surface area (TPSA) is 29.9 Å². The number of nitrogens with zero attached hydrogens (tertiary/aromatic N) is 2. The van der Waals surface area contributed by atoms with Crippen LogP contribution in [0, 0.1) is 13.8 Å². The highest BCUT2D eigenvalue weighted by molar-refractivity contribution is 5.44. The molecule has 0 fully saturated rings. The van der Waals surface area contributed by atoms with Gasteiger partial charge in [-0.3, -0.25) is 0 Å². The van der Waals surface area contributed by atoms with Crippen LogP contribution in [-0.4, -0.2) is 16.3 Å². The summed E-state index contributed by atoms with van der Waals surface area (Å²) in [5.41, 5.74) is 6.44. The molecule has 0 spiro atoms. The van der Waals surface area contributed by atoms with Crippen LogP contribution in [0.15, 0.2) is 24.4 Å². The zero-order valence-electron chi connectivity index (χ0n) is 13.7. The number of hydrogen-bond acceptors (Lipinski definition) is 2. The largest absolute Gasteiger partial charge is 0.313 e. The highest BCUT2D eigenvalue weighted by Crippen LogP contribution is 2.20. The molecule has 0 saturated carbocycles. The van der Waals surface area contributed by atoms with Crippen LogP contribution in [-0.2, 0) is 13.0 Å². The molecule has 0 aliphatic heterocycles. The minimum atomic E-state index is 0.911. The van der Waals surface area contributed by atoms with Gasteiger partial charge in [0.2, 0.25) is 0 Å². The summed E-state index contributed by atoms with van der Waals surface area (Å²) in [5.74, 6) is 0. The van der Waals surface area contributed by atoms with Crippen LogP contribution in [0.2, 0.25) is 0 Å². The second-order valence-electron chi connectivity index (χ2n) is 5.75. The summed E-state index contributed by atoms with van der Waals surface area (Å²) >= 11 is 0. The fourth-order valence-corrected chi connectivity index (χ4v) is 2.71. The summed E-state index contributed by atoms with van der Waals surface area (Å²) in [4.78, 5) is 0. The van der Waals surface area contributed by atoms with Gasteiger partial charge in [-0.1, -0.05) is 38.0 Å². The smallest absolute Gasteiger partial charge is 0.0678 e. The standard InChI is InChI=1S/C18H27N3/c1-5-7-18-16(12-19-10-6-2)13-20-21(18)17-9-8-14(3)11-15(17)4/h8-9,11,13,19H,5-7,10,12H2,1-4H3. The lowest BCUT2D eigenvalue weighted by Gasteiger charge is -2.12. The lowest BCUT2D eigenvalue weighted by Crippen LogP contribution is -2.15. The van der Waals surface area contributed by atoms with E-state index in [1.54, 1.807) is 0 Å². The van der Waals surface area contributed by atoms with Crippen molar-refractivity contribution in [2.75, 3.05) is 6.54 Å². The molecule has 0 radical (unpaired) electrons. The molecule has 0 amide bonds. The molecule has 0 atom stereocenters. The SMILES string of the molecule is CCCNCc1cnn(-c2ccc(C)cc2C)c1CCC. The van der Waals surface area contributed by atoms with Gasteiger partial charge in [-0.15, -0.1) is 0 Å². The zero-order valence-corrected chi connectivity index (χ0v) is 13.7. The van der Waals surface area contributed by atoms with E-state index in [1.807, 2.05) is 6.20 Å². The molecule has 2 aromatic rings. The van der Waals surface area contributed by atoms with Crippen molar-refractivity contribution in [3.8, 4) is 5.69 Å². The van der Waals surface area contributed by atoms with Gasteiger partial charge >= 0.3 is 0 Å². The van der Waals surface area contributed by atoms with E-state index in [1.165, 1.54) is 28.1 Å². The normalized spacial score (nSPS) is 11.0. The molecule has 21 heavy (non-hydrogen) atoms. The maximum Gasteiger partial charge on any atom is 0.0678 e. The van der Waals surface area contributed by atoms with Gasteiger partial charge in [0.1, 0.15) is 0 Å². The lowest BCUT2D eigenvalue weighted by molar-refractivity contribution is 0.666. The average molecular weight is 285 g/mol. The Balaban J connectivity index is 2.34. The molecule has 3 heteroatoms. The summed E-state index contributed by atoms with van der Waals surface area (Å²) in [6, 6.07) is 6.57. The Morgan fingerprint density at radius 2 is 1.95 bits per heavy atom. The molecule has 1 N–H and O–H groups in total. The molecule has 2 rings (SSSR count). The minimum Gasteiger partial charge on any atom is -0.313 e. The van der Waals surface area contributed by atoms with Crippen LogP contribution >= 0.6 is 0 Å². The Kier molecular flexibility index (Phi) is 5.57. The predicted molar refractivity (Wildman–Crippen MR) is 89.0 cm³/mol. The van der Waals surface area contributed by atoms with Crippen LogP contribution in [0.3, 0.4) is 0 Å². The molecule has 1 aromatic carbocycles. The van der Waals surface area contributed by atoms with E-state index in [4.69, 9.17) is 0 Å². The fraction of sp³-hybridized carbons (Fsp3) is 0.500. The quantitative estimate of drug-likeness (QED) is 0.781. The van der Waals surface area contributed by atoms with Crippen molar-refractivity contribution in [3.63, 3.8) is 0 Å². The molecule has 0 aliphatic carbocycles. The lowest BCUT2D eigenvalue weighted by atomic mass is 10.1. The number of hydrogen-bond donors (Lipinski definition) is 1. The summed E-state index contributed by atoms with van der Waals surface area (Å²) in [5, 5.41) is 8.14. The third-order valence-corrected chi connectivity index (χ3v) is 3.76. The van der Waals surface area contributed by atoms with Gasteiger partial charge in [0.25, 0.3) is 0 Å². The first kappa shape index (κ1) is 15.8. The van der Waals surface area contributed by atoms with E-state index < -0.39 is 0 Å². The second-order valence-corrected chi connectivity index (χ2v) is 5.75. The van der Waals surface area contributed by atoms with Crippen LogP contribution in [0.25, 0.3) is 5.69 Å². The predicted octanol–water partition coefficient (Wildman–Crippen LogP) is 3.94. The van der Waals surface area contributed by atoms with Crippen LogP contribution in [0.4, 0.5) is 0 Å². The molecule has 1 aromatic heterocycles. The maximum absolute atomic E-state index is 4.65. The molecule has 0 saturated heterocycles. The van der Waals surface area contributed by atoms with Crippen molar-refractivity contribution in [1.29, 1.82) is 0 Å². The molecule has 1 heterocycles. The number of nitrogens with one attached hydrogen (secondary N) is 1. The Labute approximate surface area is 128 Å². The Morgan fingerprint density at radius 3 is 2.62 bits per heavy atom. The Hall–Kier alpha value is -1.61. The number of aromatic nitrogens is 2. The van der Waals surface area contributed by atoms with Crippen LogP contribution in [0.5, 0.6) is 0 Å².